The minimum atomic E-state index is -1.06. The molecule has 0 bridgehead atoms. The number of aromatic carboxylic acids is 1. The smallest absolute Gasteiger partial charge is 0.335 e. The van der Waals surface area contributed by atoms with Gasteiger partial charge in [-0.15, -0.1) is 0 Å². The topological polar surface area (TPSA) is 79.7 Å². The second-order valence-electron chi connectivity index (χ2n) is 6.29. The molecule has 1 saturated carbocycles. The number of carbonyl (C=O) groups is 2. The number of carboxylic acids is 1. The zero-order chi connectivity index (χ0) is 17.9. The van der Waals surface area contributed by atoms with Crippen molar-refractivity contribution in [3.8, 4) is 0 Å². The van der Waals surface area contributed by atoms with E-state index in [2.05, 4.69) is 18.8 Å². The van der Waals surface area contributed by atoms with E-state index in [0.717, 1.165) is 19.3 Å². The van der Waals surface area contributed by atoms with E-state index in [9.17, 15) is 9.59 Å². The highest BCUT2D eigenvalue weighted by Crippen LogP contribution is 2.51. The highest BCUT2D eigenvalue weighted by Gasteiger charge is 2.55. The second kappa shape index (κ2) is 7.30. The Balaban J connectivity index is 2.22. The van der Waals surface area contributed by atoms with Gasteiger partial charge in [0.05, 0.1) is 11.7 Å². The fourth-order valence-electron chi connectivity index (χ4n) is 3.88. The first-order valence-electron chi connectivity index (χ1n) is 8.49. The number of amides is 1. The van der Waals surface area contributed by atoms with Gasteiger partial charge in [0.2, 0.25) is 0 Å². The molecule has 0 saturated heterocycles. The molecule has 0 spiro atoms. The number of ether oxygens (including phenoxy) is 1. The van der Waals surface area contributed by atoms with Gasteiger partial charge in [0, 0.05) is 31.3 Å². The van der Waals surface area contributed by atoms with E-state index in [4.69, 9.17) is 9.84 Å². The van der Waals surface area contributed by atoms with Gasteiger partial charge in [-0.1, -0.05) is 13.8 Å². The number of hydrogen-bond donors (Lipinski definition) is 1. The van der Waals surface area contributed by atoms with Crippen LogP contribution in [0.25, 0.3) is 0 Å². The molecule has 1 aromatic rings. The van der Waals surface area contributed by atoms with Crippen LogP contribution >= 0.6 is 0 Å². The van der Waals surface area contributed by atoms with Crippen LogP contribution < -0.4 is 0 Å². The van der Waals surface area contributed by atoms with Gasteiger partial charge in [0.1, 0.15) is 5.69 Å². The Bertz CT molecular complexity index is 613. The van der Waals surface area contributed by atoms with Gasteiger partial charge < -0.3 is 14.7 Å². The van der Waals surface area contributed by atoms with E-state index in [-0.39, 0.29) is 34.7 Å². The molecule has 0 aromatic carbocycles. The molecule has 6 heteroatoms. The van der Waals surface area contributed by atoms with Crippen LogP contribution in [0.1, 0.15) is 60.9 Å². The molecule has 1 aromatic heterocycles. The van der Waals surface area contributed by atoms with E-state index in [1.54, 1.807) is 11.9 Å². The first-order chi connectivity index (χ1) is 11.4. The lowest BCUT2D eigenvalue weighted by molar-refractivity contribution is -0.159. The van der Waals surface area contributed by atoms with E-state index >= 15 is 0 Å². The summed E-state index contributed by atoms with van der Waals surface area (Å²) in [5.74, 6) is -1.31. The average molecular weight is 334 g/mol. The van der Waals surface area contributed by atoms with Crippen LogP contribution in [0.4, 0.5) is 0 Å². The predicted octanol–water partition coefficient (Wildman–Crippen LogP) is 2.84. The van der Waals surface area contributed by atoms with Crippen LogP contribution in [0.2, 0.25) is 0 Å². The molecule has 1 amide bonds. The number of aromatic nitrogens is 1. The minimum absolute atomic E-state index is 0.0508. The summed E-state index contributed by atoms with van der Waals surface area (Å²) in [7, 11) is 1.77. The molecular weight excluding hydrogens is 308 g/mol. The maximum Gasteiger partial charge on any atom is 0.335 e. The Labute approximate surface area is 142 Å². The van der Waals surface area contributed by atoms with Gasteiger partial charge in [-0.25, -0.2) is 4.79 Å². The molecule has 1 heterocycles. The molecule has 2 atom stereocenters. The lowest BCUT2D eigenvalue weighted by atomic mass is 9.58. The number of carboxylic acid groups (broad SMARTS) is 1. The molecule has 132 valence electrons. The fourth-order valence-corrected chi connectivity index (χ4v) is 3.88. The van der Waals surface area contributed by atoms with Crippen LogP contribution in [0.3, 0.4) is 0 Å². The van der Waals surface area contributed by atoms with Crippen molar-refractivity contribution in [2.75, 3.05) is 13.7 Å². The average Bonchev–Trinajstić information content (AvgIpc) is 2.58. The van der Waals surface area contributed by atoms with Gasteiger partial charge >= 0.3 is 5.97 Å². The first kappa shape index (κ1) is 18.4. The van der Waals surface area contributed by atoms with E-state index < -0.39 is 5.97 Å². The van der Waals surface area contributed by atoms with Gasteiger partial charge in [-0.3, -0.25) is 9.78 Å². The summed E-state index contributed by atoms with van der Waals surface area (Å²) in [5.41, 5.74) is 0.184. The van der Waals surface area contributed by atoms with E-state index in [1.165, 1.54) is 18.3 Å². The standard InChI is InChI=1S/C18H26N2O4/c1-5-18(6-2)14(11-15(18)24-7-3)20(4)16(21)13-10-12(17(22)23)8-9-19-13/h8-10,14-15H,5-7,11H2,1-4H3,(H,22,23). The van der Waals surface area contributed by atoms with Crippen molar-refractivity contribution >= 4 is 11.9 Å². The number of hydrogen-bond acceptors (Lipinski definition) is 4. The molecule has 2 rings (SSSR count). The number of carbonyl (C=O) groups excluding carboxylic acids is 1. The van der Waals surface area contributed by atoms with Crippen molar-refractivity contribution in [1.82, 2.24) is 9.88 Å². The summed E-state index contributed by atoms with van der Waals surface area (Å²) < 4.78 is 5.86. The quantitative estimate of drug-likeness (QED) is 0.829. The summed E-state index contributed by atoms with van der Waals surface area (Å²) in [6.45, 7) is 6.91. The third kappa shape index (κ3) is 3.02. The van der Waals surface area contributed by atoms with Crippen LogP contribution in [0.15, 0.2) is 18.3 Å². The summed E-state index contributed by atoms with van der Waals surface area (Å²) in [4.78, 5) is 29.6. The van der Waals surface area contributed by atoms with Crippen molar-refractivity contribution in [3.63, 3.8) is 0 Å². The van der Waals surface area contributed by atoms with E-state index in [0.29, 0.717) is 6.61 Å². The summed E-state index contributed by atoms with van der Waals surface area (Å²) >= 11 is 0. The van der Waals surface area contributed by atoms with Crippen molar-refractivity contribution in [3.05, 3.63) is 29.6 Å². The zero-order valence-electron chi connectivity index (χ0n) is 14.8. The van der Waals surface area contributed by atoms with Crippen molar-refractivity contribution < 1.29 is 19.4 Å². The lowest BCUT2D eigenvalue weighted by Crippen LogP contribution is -2.64. The maximum absolute atomic E-state index is 12.8. The number of rotatable bonds is 7. The van der Waals surface area contributed by atoms with Gasteiger partial charge in [0.15, 0.2) is 0 Å². The van der Waals surface area contributed by atoms with E-state index in [1.807, 2.05) is 6.92 Å². The van der Waals surface area contributed by atoms with Crippen LogP contribution in [0.5, 0.6) is 0 Å². The summed E-state index contributed by atoms with van der Waals surface area (Å²) in [6.07, 6.45) is 4.19. The third-order valence-corrected chi connectivity index (χ3v) is 5.44. The van der Waals surface area contributed by atoms with Crippen LogP contribution in [0, 0.1) is 5.41 Å². The first-order valence-corrected chi connectivity index (χ1v) is 8.49. The Morgan fingerprint density at radius 2 is 2.04 bits per heavy atom. The molecular formula is C18H26N2O4. The molecule has 1 aliphatic rings. The lowest BCUT2D eigenvalue weighted by Gasteiger charge is -2.58. The van der Waals surface area contributed by atoms with Crippen molar-refractivity contribution in [2.45, 2.75) is 52.2 Å². The van der Waals surface area contributed by atoms with Gasteiger partial charge in [0.25, 0.3) is 5.91 Å². The molecule has 1 N–H and O–H groups in total. The van der Waals surface area contributed by atoms with Gasteiger partial charge in [-0.2, -0.15) is 0 Å². The molecule has 1 aliphatic carbocycles. The predicted molar refractivity (Wildman–Crippen MR) is 90.1 cm³/mol. The highest BCUT2D eigenvalue weighted by molar-refractivity contribution is 5.95. The Kier molecular flexibility index (Phi) is 5.59. The molecule has 2 unspecified atom stereocenters. The monoisotopic (exact) mass is 334 g/mol. The van der Waals surface area contributed by atoms with Crippen molar-refractivity contribution in [2.24, 2.45) is 5.41 Å². The highest BCUT2D eigenvalue weighted by atomic mass is 16.5. The molecule has 0 aliphatic heterocycles. The zero-order valence-corrected chi connectivity index (χ0v) is 14.8. The summed E-state index contributed by atoms with van der Waals surface area (Å²) in [5, 5.41) is 9.08. The Hall–Kier alpha value is -1.95. The van der Waals surface area contributed by atoms with Crippen LogP contribution in [-0.4, -0.2) is 52.7 Å². The normalized spacial score (nSPS) is 21.8. The number of nitrogens with zero attached hydrogens (tertiary/aromatic N) is 2. The fraction of sp³-hybridized carbons (Fsp3) is 0.611. The second-order valence-corrected chi connectivity index (χ2v) is 6.29. The largest absolute Gasteiger partial charge is 0.478 e. The SMILES string of the molecule is CCOC1CC(N(C)C(=O)c2cc(C(=O)O)ccn2)C1(CC)CC. The Morgan fingerprint density at radius 1 is 1.38 bits per heavy atom. The molecule has 1 fully saturated rings. The van der Waals surface area contributed by atoms with Gasteiger partial charge in [-0.05, 0) is 38.3 Å². The maximum atomic E-state index is 12.8. The molecule has 6 nitrogen and oxygen atoms in total. The minimum Gasteiger partial charge on any atom is -0.478 e. The van der Waals surface area contributed by atoms with Crippen molar-refractivity contribution in [1.29, 1.82) is 0 Å². The Morgan fingerprint density at radius 3 is 2.58 bits per heavy atom. The molecule has 0 radical (unpaired) electrons. The summed E-state index contributed by atoms with van der Waals surface area (Å²) in [6, 6.07) is 2.79. The number of pyridine rings is 1. The van der Waals surface area contributed by atoms with Crippen LogP contribution in [-0.2, 0) is 4.74 Å². The third-order valence-electron chi connectivity index (χ3n) is 5.44. The molecule has 24 heavy (non-hydrogen) atoms.